The van der Waals surface area contributed by atoms with Gasteiger partial charge in [0.05, 0.1) is 6.20 Å². The highest BCUT2D eigenvalue weighted by Crippen LogP contribution is 2.00. The molecule has 0 atom stereocenters. The molecule has 0 saturated heterocycles. The van der Waals surface area contributed by atoms with Crippen molar-refractivity contribution in [2.75, 3.05) is 5.32 Å². The Morgan fingerprint density at radius 3 is 3.10 bits per heavy atom. The van der Waals surface area contributed by atoms with Gasteiger partial charge in [0, 0.05) is 11.9 Å². The summed E-state index contributed by atoms with van der Waals surface area (Å²) in [5.74, 6) is 0. The van der Waals surface area contributed by atoms with Crippen LogP contribution in [-0.2, 0) is 0 Å². The predicted octanol–water partition coefficient (Wildman–Crippen LogP) is 0.372. The van der Waals surface area contributed by atoms with Gasteiger partial charge in [-0.05, 0) is 12.1 Å². The molecule has 51 valence electrons. The molecule has 0 aliphatic rings. The van der Waals surface area contributed by atoms with Gasteiger partial charge in [-0.25, -0.2) is 4.79 Å². The lowest BCUT2D eigenvalue weighted by atomic mass is 10.4. The summed E-state index contributed by atoms with van der Waals surface area (Å²) in [4.78, 5) is 13.9. The number of amides is 2. The number of nitrogens with one attached hydrogen (secondary N) is 1. The van der Waals surface area contributed by atoms with Gasteiger partial charge in [-0.2, -0.15) is 0 Å². The molecule has 0 aliphatic heterocycles. The Morgan fingerprint density at radius 1 is 1.80 bits per heavy atom. The minimum absolute atomic E-state index is 0.584. The largest absolute Gasteiger partial charge is 0.351 e. The van der Waals surface area contributed by atoms with Crippen LogP contribution in [0.4, 0.5) is 10.5 Å². The third-order valence-electron chi connectivity index (χ3n) is 0.891. The molecule has 1 aromatic heterocycles. The highest BCUT2D eigenvalue weighted by molar-refractivity contribution is 5.87. The van der Waals surface area contributed by atoms with Gasteiger partial charge in [0.2, 0.25) is 0 Å². The van der Waals surface area contributed by atoms with Crippen LogP contribution in [0.25, 0.3) is 0 Å². The van der Waals surface area contributed by atoms with Crippen LogP contribution < -0.4 is 11.1 Å². The quantitative estimate of drug-likeness (QED) is 0.585. The van der Waals surface area contributed by atoms with Gasteiger partial charge in [-0.3, -0.25) is 4.98 Å². The Balaban J connectivity index is 2.67. The van der Waals surface area contributed by atoms with E-state index in [4.69, 9.17) is 5.73 Å². The molecule has 0 aliphatic carbocycles. The third kappa shape index (κ3) is 1.74. The summed E-state index contributed by atoms with van der Waals surface area (Å²) in [6, 6.07) is 2.58. The molecule has 1 aromatic rings. The Bertz CT molecular complexity index is 222. The molecule has 0 aromatic carbocycles. The van der Waals surface area contributed by atoms with E-state index in [0.29, 0.717) is 5.69 Å². The van der Waals surface area contributed by atoms with Crippen LogP contribution in [0.3, 0.4) is 0 Å². The lowest BCUT2D eigenvalue weighted by molar-refractivity contribution is 0.259. The van der Waals surface area contributed by atoms with Crippen molar-refractivity contribution in [2.45, 2.75) is 0 Å². The standard InChI is InChI=1S/C6H6N3O/c7-6(10)9-5-1-3-8-4-2-5/h1-3H,(H3,7,8,9,10). The van der Waals surface area contributed by atoms with Crippen molar-refractivity contribution in [1.29, 1.82) is 0 Å². The number of nitrogens with two attached hydrogens (primary N) is 1. The number of hydrogen-bond donors (Lipinski definition) is 2. The van der Waals surface area contributed by atoms with E-state index >= 15 is 0 Å². The molecule has 4 nitrogen and oxygen atoms in total. The highest BCUT2D eigenvalue weighted by Gasteiger charge is 1.91. The number of anilines is 1. The molecule has 4 heteroatoms. The fourth-order valence-corrected chi connectivity index (χ4v) is 0.536. The Morgan fingerprint density at radius 2 is 2.60 bits per heavy atom. The lowest BCUT2D eigenvalue weighted by Crippen LogP contribution is -2.19. The van der Waals surface area contributed by atoms with Gasteiger partial charge in [0.1, 0.15) is 0 Å². The van der Waals surface area contributed by atoms with Crippen LogP contribution in [0.5, 0.6) is 0 Å². The normalized spacial score (nSPS) is 8.80. The molecule has 0 saturated carbocycles. The smallest absolute Gasteiger partial charge is 0.316 e. The zero-order valence-electron chi connectivity index (χ0n) is 5.16. The van der Waals surface area contributed by atoms with E-state index in [0.717, 1.165) is 0 Å². The second-order valence-corrected chi connectivity index (χ2v) is 1.66. The summed E-state index contributed by atoms with van der Waals surface area (Å²) in [7, 11) is 0. The topological polar surface area (TPSA) is 68.0 Å². The monoisotopic (exact) mass is 136 g/mol. The van der Waals surface area contributed by atoms with E-state index in [1.165, 1.54) is 12.3 Å². The van der Waals surface area contributed by atoms with Crippen LogP contribution in [0, 0.1) is 6.20 Å². The first-order chi connectivity index (χ1) is 4.79. The molecule has 0 bridgehead atoms. The maximum atomic E-state index is 10.2. The van der Waals surface area contributed by atoms with E-state index in [9.17, 15) is 4.79 Å². The molecule has 1 heterocycles. The first-order valence-corrected chi connectivity index (χ1v) is 2.67. The molecule has 3 N–H and O–H groups in total. The zero-order valence-corrected chi connectivity index (χ0v) is 5.16. The van der Waals surface area contributed by atoms with Crippen LogP contribution in [-0.4, -0.2) is 11.0 Å². The average molecular weight is 136 g/mol. The van der Waals surface area contributed by atoms with Crippen LogP contribution in [0.15, 0.2) is 18.3 Å². The third-order valence-corrected chi connectivity index (χ3v) is 0.891. The molecule has 10 heavy (non-hydrogen) atoms. The average Bonchev–Trinajstić information content (AvgIpc) is 1.88. The maximum absolute atomic E-state index is 10.2. The maximum Gasteiger partial charge on any atom is 0.316 e. The highest BCUT2D eigenvalue weighted by atomic mass is 16.2. The van der Waals surface area contributed by atoms with Crippen molar-refractivity contribution in [3.63, 3.8) is 0 Å². The van der Waals surface area contributed by atoms with Crippen molar-refractivity contribution in [3.05, 3.63) is 24.5 Å². The SMILES string of the molecule is NC(=O)Nc1c[c]ncc1. The first-order valence-electron chi connectivity index (χ1n) is 2.67. The van der Waals surface area contributed by atoms with Crippen molar-refractivity contribution in [1.82, 2.24) is 4.98 Å². The molecule has 1 radical (unpaired) electrons. The summed E-state index contributed by atoms with van der Waals surface area (Å²) in [5, 5.41) is 2.37. The Labute approximate surface area is 58.1 Å². The van der Waals surface area contributed by atoms with Crippen molar-refractivity contribution in [3.8, 4) is 0 Å². The van der Waals surface area contributed by atoms with Crippen molar-refractivity contribution < 1.29 is 4.79 Å². The Hall–Kier alpha value is -1.58. The molecule has 2 amide bonds. The molecule has 1 rings (SSSR count). The van der Waals surface area contributed by atoms with Crippen LogP contribution in [0.1, 0.15) is 0 Å². The summed E-state index contributed by atoms with van der Waals surface area (Å²) in [5.41, 5.74) is 5.44. The van der Waals surface area contributed by atoms with Gasteiger partial charge in [0.15, 0.2) is 0 Å². The molecule has 0 unspecified atom stereocenters. The van der Waals surface area contributed by atoms with Crippen molar-refractivity contribution in [2.24, 2.45) is 5.73 Å². The van der Waals surface area contributed by atoms with Crippen LogP contribution >= 0.6 is 0 Å². The summed E-state index contributed by atoms with van der Waals surface area (Å²) < 4.78 is 0. The number of carbonyl (C=O) groups is 1. The second-order valence-electron chi connectivity index (χ2n) is 1.66. The van der Waals surface area contributed by atoms with E-state index < -0.39 is 6.03 Å². The molecule has 0 spiro atoms. The number of urea groups is 1. The summed E-state index contributed by atoms with van der Waals surface area (Å²) in [6.45, 7) is 0. The van der Waals surface area contributed by atoms with Gasteiger partial charge < -0.3 is 11.1 Å². The zero-order chi connectivity index (χ0) is 7.40. The Kier molecular flexibility index (Phi) is 1.84. The van der Waals surface area contributed by atoms with Crippen molar-refractivity contribution >= 4 is 11.7 Å². The fraction of sp³-hybridized carbons (Fsp3) is 0. The van der Waals surface area contributed by atoms with E-state index in [1.54, 1.807) is 6.07 Å². The number of aromatic nitrogens is 1. The number of rotatable bonds is 1. The number of primary amides is 1. The van der Waals surface area contributed by atoms with E-state index in [-0.39, 0.29) is 0 Å². The fourth-order valence-electron chi connectivity index (χ4n) is 0.536. The van der Waals surface area contributed by atoms with E-state index in [1.807, 2.05) is 0 Å². The van der Waals surface area contributed by atoms with Gasteiger partial charge in [-0.1, -0.05) is 0 Å². The van der Waals surface area contributed by atoms with E-state index in [2.05, 4.69) is 16.5 Å². The number of hydrogen-bond acceptors (Lipinski definition) is 2. The minimum Gasteiger partial charge on any atom is -0.351 e. The van der Waals surface area contributed by atoms with Gasteiger partial charge >= 0.3 is 6.03 Å². The minimum atomic E-state index is -0.584. The lowest BCUT2D eigenvalue weighted by Gasteiger charge is -1.97. The molecule has 0 fully saturated rings. The van der Waals surface area contributed by atoms with Gasteiger partial charge in [-0.15, -0.1) is 0 Å². The molecular formula is C6H6N3O. The predicted molar refractivity (Wildman–Crippen MR) is 36.3 cm³/mol. The summed E-state index contributed by atoms with van der Waals surface area (Å²) >= 11 is 0. The number of carbonyl (C=O) groups excluding carboxylic acids is 1. The second kappa shape index (κ2) is 2.82. The first kappa shape index (κ1) is 6.54. The number of nitrogens with zero attached hydrogens (tertiary/aromatic N) is 1. The number of pyridine rings is 1. The molecular weight excluding hydrogens is 130 g/mol. The van der Waals surface area contributed by atoms with Gasteiger partial charge in [0.25, 0.3) is 0 Å². The summed E-state index contributed by atoms with van der Waals surface area (Å²) in [6.07, 6.45) is 4.07. The van der Waals surface area contributed by atoms with Crippen LogP contribution in [0.2, 0.25) is 0 Å².